The van der Waals surface area contributed by atoms with Crippen LogP contribution in [0.2, 0.25) is 0 Å². The highest BCUT2D eigenvalue weighted by Crippen LogP contribution is 2.46. The molecule has 0 saturated heterocycles. The van der Waals surface area contributed by atoms with E-state index in [9.17, 15) is 5.26 Å². The van der Waals surface area contributed by atoms with E-state index in [1.165, 1.54) is 5.56 Å². The molecule has 0 amide bonds. The van der Waals surface area contributed by atoms with Crippen molar-refractivity contribution in [2.45, 2.75) is 19.3 Å². The van der Waals surface area contributed by atoms with Gasteiger partial charge in [-0.05, 0) is 35.7 Å². The Kier molecular flexibility index (Phi) is 3.91. The highest BCUT2D eigenvalue weighted by Gasteiger charge is 2.35. The summed E-state index contributed by atoms with van der Waals surface area (Å²) in [5, 5.41) is 17.2. The highest BCUT2D eigenvalue weighted by molar-refractivity contribution is 5.73. The number of hydrogen-bond acceptors (Lipinski definition) is 6. The summed E-state index contributed by atoms with van der Waals surface area (Å²) in [4.78, 5) is 0. The summed E-state index contributed by atoms with van der Waals surface area (Å²) < 4.78 is 16.6. The molecule has 0 radical (unpaired) electrons. The van der Waals surface area contributed by atoms with E-state index < -0.39 is 0 Å². The van der Waals surface area contributed by atoms with Gasteiger partial charge in [-0.1, -0.05) is 31.2 Å². The van der Waals surface area contributed by atoms with Crippen molar-refractivity contribution in [1.29, 1.82) is 5.26 Å². The van der Waals surface area contributed by atoms with Gasteiger partial charge < -0.3 is 19.9 Å². The number of nitrogens with two attached hydrogens (primary N) is 1. The molecule has 2 aromatic carbocycles. The quantitative estimate of drug-likeness (QED) is 0.713. The summed E-state index contributed by atoms with van der Waals surface area (Å²) in [6.45, 7) is 2.31. The largest absolute Gasteiger partial charge is 0.454 e. The highest BCUT2D eigenvalue weighted by atomic mass is 16.7. The molecule has 29 heavy (non-hydrogen) atoms. The molecule has 1 aromatic heterocycles. The molecule has 3 heterocycles. The number of aromatic amines is 1. The van der Waals surface area contributed by atoms with Crippen LogP contribution in [0.4, 0.5) is 0 Å². The van der Waals surface area contributed by atoms with Gasteiger partial charge in [-0.15, -0.1) is 5.10 Å². The third kappa shape index (κ3) is 2.69. The Hall–Kier alpha value is -3.92. The van der Waals surface area contributed by atoms with Crippen LogP contribution in [-0.2, 0) is 6.42 Å². The number of H-pyrrole nitrogens is 1. The zero-order valence-corrected chi connectivity index (χ0v) is 15.7. The fourth-order valence-corrected chi connectivity index (χ4v) is 3.80. The monoisotopic (exact) mass is 386 g/mol. The number of rotatable bonds is 3. The van der Waals surface area contributed by atoms with Crippen molar-refractivity contribution >= 4 is 0 Å². The molecule has 1 atom stereocenters. The lowest BCUT2D eigenvalue weighted by Gasteiger charge is -2.24. The van der Waals surface area contributed by atoms with E-state index in [2.05, 4.69) is 35.3 Å². The van der Waals surface area contributed by atoms with Crippen LogP contribution >= 0.6 is 0 Å². The van der Waals surface area contributed by atoms with Crippen LogP contribution < -0.4 is 19.9 Å². The Labute approximate surface area is 167 Å². The Balaban J connectivity index is 1.68. The number of aromatic nitrogens is 2. The SMILES string of the molecule is CCc1ccc([C@H]2C(C#N)=C(N)Oc3n[nH]c(-c4ccc5c(c4)OCO5)c32)cc1. The molecule has 7 nitrogen and oxygen atoms in total. The van der Waals surface area contributed by atoms with Crippen molar-refractivity contribution in [2.24, 2.45) is 5.73 Å². The topological polar surface area (TPSA) is 106 Å². The van der Waals surface area contributed by atoms with Gasteiger partial charge in [0, 0.05) is 5.56 Å². The fourth-order valence-electron chi connectivity index (χ4n) is 3.80. The number of fused-ring (bicyclic) bond motifs is 2. The smallest absolute Gasteiger partial charge is 0.244 e. The molecule has 2 aliphatic rings. The van der Waals surface area contributed by atoms with Crippen LogP contribution in [0, 0.1) is 11.3 Å². The number of allylic oxidation sites excluding steroid dienone is 1. The maximum absolute atomic E-state index is 9.81. The van der Waals surface area contributed by atoms with Gasteiger partial charge in [0.25, 0.3) is 0 Å². The lowest BCUT2D eigenvalue weighted by Crippen LogP contribution is -2.21. The molecule has 0 aliphatic carbocycles. The Morgan fingerprint density at radius 2 is 1.97 bits per heavy atom. The summed E-state index contributed by atoms with van der Waals surface area (Å²) in [5.74, 6) is 1.44. The summed E-state index contributed by atoms with van der Waals surface area (Å²) in [5.41, 5.74) is 11.0. The first-order chi connectivity index (χ1) is 14.2. The molecule has 144 valence electrons. The lowest BCUT2D eigenvalue weighted by atomic mass is 9.82. The predicted octanol–water partition coefficient (Wildman–Crippen LogP) is 3.59. The standard InChI is InChI=1S/C22H18N4O3/c1-2-12-3-5-13(6-4-12)18-15(10-23)21(24)29-22-19(18)20(25-26-22)14-7-8-16-17(9-14)28-11-27-16/h3-9,18H,2,11,24H2,1H3,(H,25,26)/t18-/m0/s1. The van der Waals surface area contributed by atoms with E-state index >= 15 is 0 Å². The molecule has 3 N–H and O–H groups in total. The summed E-state index contributed by atoms with van der Waals surface area (Å²) in [6.07, 6.45) is 0.941. The minimum absolute atomic E-state index is 0.0771. The zero-order chi connectivity index (χ0) is 20.0. The maximum atomic E-state index is 9.81. The summed E-state index contributed by atoms with van der Waals surface area (Å²) in [7, 11) is 0. The molecule has 5 rings (SSSR count). The van der Waals surface area contributed by atoms with Gasteiger partial charge in [0.2, 0.25) is 18.6 Å². The van der Waals surface area contributed by atoms with Crippen LogP contribution in [0.15, 0.2) is 53.9 Å². The van der Waals surface area contributed by atoms with Crippen molar-refractivity contribution in [3.8, 4) is 34.7 Å². The van der Waals surface area contributed by atoms with Crippen LogP contribution in [0.25, 0.3) is 11.3 Å². The van der Waals surface area contributed by atoms with E-state index in [1.54, 1.807) is 0 Å². The number of nitrogens with one attached hydrogen (secondary N) is 1. The van der Waals surface area contributed by atoms with Crippen molar-refractivity contribution < 1.29 is 14.2 Å². The van der Waals surface area contributed by atoms with Gasteiger partial charge >= 0.3 is 0 Å². The van der Waals surface area contributed by atoms with E-state index in [1.807, 2.05) is 30.3 Å². The first kappa shape index (κ1) is 17.2. The third-order valence-electron chi connectivity index (χ3n) is 5.32. The average Bonchev–Trinajstić information content (AvgIpc) is 3.39. The van der Waals surface area contributed by atoms with Gasteiger partial charge in [0.05, 0.1) is 17.2 Å². The van der Waals surface area contributed by atoms with Crippen LogP contribution in [0.3, 0.4) is 0 Å². The second-order valence-electron chi connectivity index (χ2n) is 6.91. The van der Waals surface area contributed by atoms with E-state index in [-0.39, 0.29) is 18.6 Å². The van der Waals surface area contributed by atoms with Crippen molar-refractivity contribution in [3.05, 3.63) is 70.6 Å². The predicted molar refractivity (Wildman–Crippen MR) is 105 cm³/mol. The van der Waals surface area contributed by atoms with E-state index in [4.69, 9.17) is 19.9 Å². The Morgan fingerprint density at radius 3 is 2.72 bits per heavy atom. The Bertz CT molecular complexity index is 1170. The molecular weight excluding hydrogens is 368 g/mol. The van der Waals surface area contributed by atoms with Crippen LogP contribution in [0.1, 0.15) is 29.5 Å². The zero-order valence-electron chi connectivity index (χ0n) is 15.7. The summed E-state index contributed by atoms with van der Waals surface area (Å²) >= 11 is 0. The molecule has 0 unspecified atom stereocenters. The van der Waals surface area contributed by atoms with Crippen molar-refractivity contribution in [2.75, 3.05) is 6.79 Å². The van der Waals surface area contributed by atoms with Crippen molar-refractivity contribution in [1.82, 2.24) is 10.2 Å². The van der Waals surface area contributed by atoms with Crippen molar-refractivity contribution in [3.63, 3.8) is 0 Å². The maximum Gasteiger partial charge on any atom is 0.244 e. The number of nitriles is 1. The molecule has 0 spiro atoms. The first-order valence-corrected chi connectivity index (χ1v) is 9.34. The van der Waals surface area contributed by atoms with Gasteiger partial charge in [-0.3, -0.25) is 5.10 Å². The van der Waals surface area contributed by atoms with Gasteiger partial charge in [-0.25, -0.2) is 0 Å². The Morgan fingerprint density at radius 1 is 1.17 bits per heavy atom. The van der Waals surface area contributed by atoms with E-state index in [0.29, 0.717) is 23.0 Å². The first-order valence-electron chi connectivity index (χ1n) is 9.34. The normalized spacial score (nSPS) is 16.9. The molecule has 0 bridgehead atoms. The van der Waals surface area contributed by atoms with Gasteiger partial charge in [0.15, 0.2) is 11.5 Å². The van der Waals surface area contributed by atoms with Gasteiger partial charge in [0.1, 0.15) is 11.6 Å². The molecule has 7 heteroatoms. The minimum Gasteiger partial charge on any atom is -0.454 e. The van der Waals surface area contributed by atoms with Crippen LogP contribution in [0.5, 0.6) is 17.4 Å². The third-order valence-corrected chi connectivity index (χ3v) is 5.32. The molecule has 3 aromatic rings. The molecule has 0 fully saturated rings. The number of hydrogen-bond donors (Lipinski definition) is 2. The molecular formula is C22H18N4O3. The number of ether oxygens (including phenoxy) is 3. The fraction of sp³-hybridized carbons (Fsp3) is 0.182. The van der Waals surface area contributed by atoms with Crippen LogP contribution in [-0.4, -0.2) is 17.0 Å². The van der Waals surface area contributed by atoms with Gasteiger partial charge in [-0.2, -0.15) is 5.26 Å². The second kappa shape index (κ2) is 6.60. The summed E-state index contributed by atoms with van der Waals surface area (Å²) in [6, 6.07) is 16.1. The number of benzene rings is 2. The minimum atomic E-state index is -0.381. The lowest BCUT2D eigenvalue weighted by molar-refractivity contribution is 0.174. The second-order valence-corrected chi connectivity index (χ2v) is 6.91. The average molecular weight is 386 g/mol. The van der Waals surface area contributed by atoms with E-state index in [0.717, 1.165) is 28.8 Å². The number of nitrogens with zero attached hydrogens (tertiary/aromatic N) is 2. The molecule has 0 saturated carbocycles. The molecule has 2 aliphatic heterocycles. The number of aryl methyl sites for hydroxylation is 1.